The average molecular weight is 441 g/mol. The first kappa shape index (κ1) is 21.6. The van der Waals surface area contributed by atoms with Crippen LogP contribution in [-0.2, 0) is 0 Å². The van der Waals surface area contributed by atoms with Gasteiger partial charge in [-0.25, -0.2) is 0 Å². The number of pyridine rings is 3. The van der Waals surface area contributed by atoms with Crippen LogP contribution in [0.15, 0.2) is 64.5 Å². The van der Waals surface area contributed by atoms with Gasteiger partial charge in [-0.05, 0) is 51.1 Å². The van der Waals surface area contributed by atoms with Crippen LogP contribution in [0.1, 0.15) is 41.4 Å². The van der Waals surface area contributed by atoms with Gasteiger partial charge in [0.2, 0.25) is 0 Å². The van der Waals surface area contributed by atoms with Crippen molar-refractivity contribution in [1.82, 2.24) is 8.97 Å². The molecule has 1 aromatic carbocycles. The lowest BCUT2D eigenvalue weighted by atomic mass is 10.1. The Balaban J connectivity index is 2.10. The number of aromatic nitrogens is 2. The Morgan fingerprint density at radius 1 is 1.18 bits per heavy atom. The minimum atomic E-state index is -0.709. The van der Waals surface area contributed by atoms with Crippen LogP contribution < -0.4 is 11.0 Å². The highest BCUT2D eigenvalue weighted by molar-refractivity contribution is 5.97. The summed E-state index contributed by atoms with van der Waals surface area (Å²) in [4.78, 5) is 41.1. The lowest BCUT2D eigenvalue weighted by Gasteiger charge is -2.17. The molecule has 0 aliphatic rings. The standard InChI is InChI=1S/C24H19N5O4/c1-14(2)28-21-12-17-7-4-5-10-27(17)24(31)19(21)11-16(13-25)22(28)26-23(30)18-8-6-9-20(15(18)3)29(32)33/h4-12,14H,1-3H3. The Morgan fingerprint density at radius 3 is 2.61 bits per heavy atom. The zero-order valence-corrected chi connectivity index (χ0v) is 18.1. The third-order valence-electron chi connectivity index (χ3n) is 5.50. The number of hydrogen-bond acceptors (Lipinski definition) is 5. The second-order valence-corrected chi connectivity index (χ2v) is 7.82. The third kappa shape index (κ3) is 3.57. The highest BCUT2D eigenvalue weighted by atomic mass is 16.6. The normalized spacial score (nSPS) is 11.8. The van der Waals surface area contributed by atoms with Crippen molar-refractivity contribution < 1.29 is 9.72 Å². The number of nitriles is 1. The van der Waals surface area contributed by atoms with Gasteiger partial charge in [0, 0.05) is 23.9 Å². The third-order valence-corrected chi connectivity index (χ3v) is 5.50. The maximum atomic E-state index is 13.1. The Kier molecular flexibility index (Phi) is 5.35. The van der Waals surface area contributed by atoms with Gasteiger partial charge in [-0.15, -0.1) is 0 Å². The van der Waals surface area contributed by atoms with Gasteiger partial charge in [-0.1, -0.05) is 12.1 Å². The Labute approximate surface area is 187 Å². The number of rotatable bonds is 3. The monoisotopic (exact) mass is 441 g/mol. The van der Waals surface area contributed by atoms with E-state index in [2.05, 4.69) is 4.99 Å². The average Bonchev–Trinajstić information content (AvgIpc) is 2.78. The van der Waals surface area contributed by atoms with Gasteiger partial charge in [0.15, 0.2) is 5.49 Å². The smallest absolute Gasteiger partial charge is 0.279 e. The van der Waals surface area contributed by atoms with Gasteiger partial charge in [0.05, 0.1) is 32.5 Å². The fourth-order valence-electron chi connectivity index (χ4n) is 3.93. The Hall–Kier alpha value is -4.58. The quantitative estimate of drug-likeness (QED) is 0.273. The predicted molar refractivity (Wildman–Crippen MR) is 122 cm³/mol. The molecule has 0 N–H and O–H groups in total. The van der Waals surface area contributed by atoms with Crippen molar-refractivity contribution in [2.45, 2.75) is 26.8 Å². The minimum Gasteiger partial charge on any atom is -0.322 e. The molecule has 0 spiro atoms. The molecule has 164 valence electrons. The van der Waals surface area contributed by atoms with Crippen LogP contribution in [-0.4, -0.2) is 19.8 Å². The molecule has 9 heteroatoms. The lowest BCUT2D eigenvalue weighted by Crippen LogP contribution is -2.29. The molecule has 0 atom stereocenters. The van der Waals surface area contributed by atoms with Crippen molar-refractivity contribution in [3.63, 3.8) is 0 Å². The molecule has 0 aliphatic heterocycles. The molecule has 0 bridgehead atoms. The van der Waals surface area contributed by atoms with E-state index in [0.717, 1.165) is 0 Å². The number of nitro groups is 1. The first-order chi connectivity index (χ1) is 15.7. The van der Waals surface area contributed by atoms with E-state index in [1.54, 1.807) is 29.0 Å². The van der Waals surface area contributed by atoms with Crippen molar-refractivity contribution in [1.29, 1.82) is 5.26 Å². The zero-order chi connectivity index (χ0) is 23.9. The summed E-state index contributed by atoms with van der Waals surface area (Å²) in [6.07, 6.45) is 1.65. The first-order valence-corrected chi connectivity index (χ1v) is 10.2. The molecule has 3 heterocycles. The SMILES string of the molecule is Cc1c(C(=O)N=c2c(C#N)cc3c(=O)n4ccccc4cc3n2C(C)C)cccc1[N+](=O)[O-]. The highest BCUT2D eigenvalue weighted by Gasteiger charge is 2.20. The van der Waals surface area contributed by atoms with Gasteiger partial charge in [-0.2, -0.15) is 10.3 Å². The maximum Gasteiger partial charge on any atom is 0.279 e. The van der Waals surface area contributed by atoms with Crippen molar-refractivity contribution in [2.75, 3.05) is 0 Å². The predicted octanol–water partition coefficient (Wildman–Crippen LogP) is 3.66. The van der Waals surface area contributed by atoms with E-state index in [9.17, 15) is 25.0 Å². The van der Waals surface area contributed by atoms with Crippen LogP contribution >= 0.6 is 0 Å². The van der Waals surface area contributed by atoms with Crippen LogP contribution in [0.3, 0.4) is 0 Å². The van der Waals surface area contributed by atoms with Crippen LogP contribution in [0.5, 0.6) is 0 Å². The van der Waals surface area contributed by atoms with E-state index in [1.165, 1.54) is 35.6 Å². The number of nitro benzene ring substituents is 1. The Morgan fingerprint density at radius 2 is 1.94 bits per heavy atom. The van der Waals surface area contributed by atoms with Gasteiger partial charge < -0.3 is 4.57 Å². The number of nitrogens with zero attached hydrogens (tertiary/aromatic N) is 5. The van der Waals surface area contributed by atoms with E-state index in [4.69, 9.17) is 0 Å². The molecule has 3 aromatic heterocycles. The molecular weight excluding hydrogens is 422 g/mol. The summed E-state index contributed by atoms with van der Waals surface area (Å²) in [6.45, 7) is 5.20. The van der Waals surface area contributed by atoms with Crippen molar-refractivity contribution in [3.8, 4) is 6.07 Å². The van der Waals surface area contributed by atoms with Gasteiger partial charge in [0.25, 0.3) is 17.2 Å². The van der Waals surface area contributed by atoms with Gasteiger partial charge in [-0.3, -0.25) is 24.1 Å². The Bertz CT molecular complexity index is 1640. The van der Waals surface area contributed by atoms with Crippen LogP contribution in [0.2, 0.25) is 0 Å². The summed E-state index contributed by atoms with van der Waals surface area (Å²) in [5.74, 6) is -0.709. The molecular formula is C24H19N5O4. The van der Waals surface area contributed by atoms with Crippen molar-refractivity contribution >= 4 is 28.0 Å². The molecule has 9 nitrogen and oxygen atoms in total. The first-order valence-electron chi connectivity index (χ1n) is 10.2. The van der Waals surface area contributed by atoms with Crippen LogP contribution in [0.25, 0.3) is 16.4 Å². The number of benzene rings is 1. The van der Waals surface area contributed by atoms with E-state index >= 15 is 0 Å². The molecule has 0 aliphatic carbocycles. The lowest BCUT2D eigenvalue weighted by molar-refractivity contribution is -0.385. The van der Waals surface area contributed by atoms with Crippen molar-refractivity contribution in [2.24, 2.45) is 4.99 Å². The molecule has 0 radical (unpaired) electrons. The van der Waals surface area contributed by atoms with Gasteiger partial charge in [0.1, 0.15) is 6.07 Å². The fourth-order valence-corrected chi connectivity index (χ4v) is 3.93. The molecule has 4 rings (SSSR count). The topological polar surface area (TPSA) is 123 Å². The van der Waals surface area contributed by atoms with E-state index in [0.29, 0.717) is 16.4 Å². The molecule has 33 heavy (non-hydrogen) atoms. The number of amides is 1. The van der Waals surface area contributed by atoms with Crippen LogP contribution in [0, 0.1) is 28.4 Å². The second kappa shape index (κ2) is 8.16. The number of carbonyl (C=O) groups is 1. The number of carbonyl (C=O) groups excluding carboxylic acids is 1. The summed E-state index contributed by atoms with van der Waals surface area (Å²) >= 11 is 0. The summed E-state index contributed by atoms with van der Waals surface area (Å²) in [6, 6.07) is 14.6. The summed E-state index contributed by atoms with van der Waals surface area (Å²) in [5, 5.41) is 21.4. The molecule has 0 saturated carbocycles. The molecule has 1 amide bonds. The molecule has 0 unspecified atom stereocenters. The van der Waals surface area contributed by atoms with Crippen LogP contribution in [0.4, 0.5) is 5.69 Å². The summed E-state index contributed by atoms with van der Waals surface area (Å²) < 4.78 is 3.16. The fraction of sp³-hybridized carbons (Fsp3) is 0.167. The second-order valence-electron chi connectivity index (χ2n) is 7.82. The number of fused-ring (bicyclic) bond motifs is 2. The molecule has 0 fully saturated rings. The minimum absolute atomic E-state index is 0.0561. The number of hydrogen-bond donors (Lipinski definition) is 0. The van der Waals surface area contributed by atoms with Gasteiger partial charge >= 0.3 is 0 Å². The van der Waals surface area contributed by atoms with E-state index in [-0.39, 0.29) is 39.5 Å². The van der Waals surface area contributed by atoms with Crippen molar-refractivity contribution in [3.05, 3.63) is 97.4 Å². The van der Waals surface area contributed by atoms with E-state index < -0.39 is 10.8 Å². The zero-order valence-electron chi connectivity index (χ0n) is 18.1. The summed E-state index contributed by atoms with van der Waals surface area (Å²) in [5.41, 5.74) is 1.12. The molecule has 4 aromatic rings. The largest absolute Gasteiger partial charge is 0.322 e. The summed E-state index contributed by atoms with van der Waals surface area (Å²) in [7, 11) is 0. The van der Waals surface area contributed by atoms with E-state index in [1.807, 2.05) is 26.0 Å². The highest BCUT2D eigenvalue weighted by Crippen LogP contribution is 2.22. The maximum absolute atomic E-state index is 13.1. The molecule has 0 saturated heterocycles.